The van der Waals surface area contributed by atoms with E-state index in [9.17, 15) is 4.79 Å². The maximum absolute atomic E-state index is 12.5. The van der Waals surface area contributed by atoms with E-state index in [0.717, 1.165) is 0 Å². The van der Waals surface area contributed by atoms with Gasteiger partial charge in [0, 0.05) is 17.8 Å². The zero-order valence-corrected chi connectivity index (χ0v) is 17.8. The Balaban J connectivity index is 1.69. The highest BCUT2D eigenvalue weighted by molar-refractivity contribution is 5.89. The van der Waals surface area contributed by atoms with Crippen molar-refractivity contribution in [1.82, 2.24) is 0 Å². The smallest absolute Gasteiger partial charge is 0.340 e. The molecule has 0 bridgehead atoms. The molecule has 0 saturated carbocycles. The van der Waals surface area contributed by atoms with Crippen LogP contribution in [0, 0.1) is 29.6 Å². The van der Waals surface area contributed by atoms with E-state index in [2.05, 4.69) is 27.7 Å². The van der Waals surface area contributed by atoms with Gasteiger partial charge in [0.2, 0.25) is 6.29 Å². The van der Waals surface area contributed by atoms with Crippen LogP contribution in [0.5, 0.6) is 0 Å². The number of hydrogen-bond acceptors (Lipinski definition) is 5. The molecule has 1 aromatic carbocycles. The van der Waals surface area contributed by atoms with Gasteiger partial charge in [-0.1, -0.05) is 52.8 Å². The molecule has 0 aliphatic carbocycles. The van der Waals surface area contributed by atoms with E-state index in [-0.39, 0.29) is 36.3 Å². The van der Waals surface area contributed by atoms with Gasteiger partial charge < -0.3 is 18.9 Å². The zero-order chi connectivity index (χ0) is 20.4. The summed E-state index contributed by atoms with van der Waals surface area (Å²) < 4.78 is 24.2. The highest BCUT2D eigenvalue weighted by Crippen LogP contribution is 2.38. The third kappa shape index (κ3) is 4.42. The van der Waals surface area contributed by atoms with Gasteiger partial charge in [-0.25, -0.2) is 4.79 Å². The Kier molecular flexibility index (Phi) is 6.79. The Morgan fingerprint density at radius 3 is 2.25 bits per heavy atom. The first kappa shape index (κ1) is 21.3. The third-order valence-electron chi connectivity index (χ3n) is 6.76. The molecular weight excluding hydrogens is 356 g/mol. The topological polar surface area (TPSA) is 54.0 Å². The molecule has 0 spiro atoms. The van der Waals surface area contributed by atoms with Gasteiger partial charge in [-0.15, -0.1) is 0 Å². The fourth-order valence-electron chi connectivity index (χ4n) is 4.13. The highest BCUT2D eigenvalue weighted by atomic mass is 16.7. The molecule has 28 heavy (non-hydrogen) atoms. The van der Waals surface area contributed by atoms with Crippen LogP contribution in [-0.4, -0.2) is 37.4 Å². The van der Waals surface area contributed by atoms with Crippen LogP contribution in [0.25, 0.3) is 0 Å². The van der Waals surface area contributed by atoms with Crippen molar-refractivity contribution in [2.24, 2.45) is 29.6 Å². The summed E-state index contributed by atoms with van der Waals surface area (Å²) >= 11 is 0. The molecule has 0 amide bonds. The SMILES string of the molecule is CC1[C@@H](O[C@@H]2C(C)[C@H](OC(=O)c3ccccc3)OC(C)[C@H]2C)OC[C@@H](C)[C@@H]1C. The summed E-state index contributed by atoms with van der Waals surface area (Å²) in [5.74, 6) is 1.08. The van der Waals surface area contributed by atoms with Crippen molar-refractivity contribution in [2.45, 2.75) is 66.3 Å². The normalized spacial score (nSPS) is 41.4. The molecular formula is C23H34O5. The second-order valence-electron chi connectivity index (χ2n) is 8.70. The molecule has 2 aliphatic rings. The molecule has 0 aromatic heterocycles. The fourth-order valence-corrected chi connectivity index (χ4v) is 4.13. The van der Waals surface area contributed by atoms with E-state index in [0.29, 0.717) is 29.9 Å². The van der Waals surface area contributed by atoms with Crippen molar-refractivity contribution in [3.05, 3.63) is 35.9 Å². The minimum Gasteiger partial charge on any atom is -0.432 e. The monoisotopic (exact) mass is 390 g/mol. The van der Waals surface area contributed by atoms with Gasteiger partial charge in [-0.2, -0.15) is 0 Å². The van der Waals surface area contributed by atoms with Gasteiger partial charge in [0.25, 0.3) is 0 Å². The Morgan fingerprint density at radius 2 is 1.57 bits per heavy atom. The van der Waals surface area contributed by atoms with Crippen LogP contribution < -0.4 is 0 Å². The van der Waals surface area contributed by atoms with Gasteiger partial charge in [0.15, 0.2) is 6.29 Å². The Hall–Kier alpha value is -1.43. The van der Waals surface area contributed by atoms with E-state index in [1.165, 1.54) is 0 Å². The number of rotatable bonds is 4. The molecule has 0 N–H and O–H groups in total. The Morgan fingerprint density at radius 1 is 0.893 bits per heavy atom. The van der Waals surface area contributed by atoms with E-state index < -0.39 is 6.29 Å². The molecule has 2 saturated heterocycles. The second kappa shape index (κ2) is 8.93. The summed E-state index contributed by atoms with van der Waals surface area (Å²) in [6.45, 7) is 13.5. The Bertz CT molecular complexity index is 648. The van der Waals surface area contributed by atoms with Crippen LogP contribution in [0.3, 0.4) is 0 Å². The van der Waals surface area contributed by atoms with Crippen LogP contribution in [0.1, 0.15) is 51.9 Å². The molecule has 2 fully saturated rings. The number of ether oxygens (including phenoxy) is 4. The van der Waals surface area contributed by atoms with Crippen molar-refractivity contribution >= 4 is 5.97 Å². The highest BCUT2D eigenvalue weighted by Gasteiger charge is 2.45. The van der Waals surface area contributed by atoms with E-state index >= 15 is 0 Å². The standard InChI is InChI=1S/C23H34O5/c1-13-12-25-22(15(3)14(13)2)27-20-16(4)18(6)26-23(17(20)5)28-21(24)19-10-8-7-9-11-19/h7-11,13-18,20,22-23H,12H2,1-6H3/t13-,14+,15?,16-,17?,18?,20+,22-,23+/m1/s1. The summed E-state index contributed by atoms with van der Waals surface area (Å²) in [7, 11) is 0. The van der Waals surface area contributed by atoms with Crippen LogP contribution >= 0.6 is 0 Å². The van der Waals surface area contributed by atoms with Crippen molar-refractivity contribution in [3.63, 3.8) is 0 Å². The molecule has 3 unspecified atom stereocenters. The number of esters is 1. The van der Waals surface area contributed by atoms with Crippen molar-refractivity contribution in [1.29, 1.82) is 0 Å². The quantitative estimate of drug-likeness (QED) is 0.708. The van der Waals surface area contributed by atoms with Crippen LogP contribution in [0.2, 0.25) is 0 Å². The minimum atomic E-state index is -0.640. The molecule has 5 nitrogen and oxygen atoms in total. The first-order chi connectivity index (χ1) is 13.3. The summed E-state index contributed by atoms with van der Waals surface area (Å²) in [4.78, 5) is 12.5. The van der Waals surface area contributed by atoms with Gasteiger partial charge >= 0.3 is 5.97 Å². The second-order valence-corrected chi connectivity index (χ2v) is 8.70. The van der Waals surface area contributed by atoms with Gasteiger partial charge in [0.1, 0.15) is 0 Å². The number of carbonyl (C=O) groups is 1. The van der Waals surface area contributed by atoms with Crippen molar-refractivity contribution < 1.29 is 23.7 Å². The maximum atomic E-state index is 12.5. The zero-order valence-electron chi connectivity index (χ0n) is 17.8. The van der Waals surface area contributed by atoms with Crippen molar-refractivity contribution in [3.8, 4) is 0 Å². The molecule has 2 aliphatic heterocycles. The molecule has 9 atom stereocenters. The molecule has 1 aromatic rings. The number of benzene rings is 1. The lowest BCUT2D eigenvalue weighted by Gasteiger charge is -2.46. The average Bonchev–Trinajstić information content (AvgIpc) is 2.69. The van der Waals surface area contributed by atoms with Gasteiger partial charge in [-0.05, 0) is 30.9 Å². The lowest BCUT2D eigenvalue weighted by molar-refractivity contribution is -0.299. The number of hydrogen-bond donors (Lipinski definition) is 0. The largest absolute Gasteiger partial charge is 0.432 e. The van der Waals surface area contributed by atoms with Gasteiger partial charge in [-0.3, -0.25) is 0 Å². The van der Waals surface area contributed by atoms with Crippen LogP contribution in [-0.2, 0) is 18.9 Å². The van der Waals surface area contributed by atoms with E-state index in [1.54, 1.807) is 12.1 Å². The summed E-state index contributed by atoms with van der Waals surface area (Å²) in [5, 5.41) is 0. The molecule has 2 heterocycles. The van der Waals surface area contributed by atoms with E-state index in [4.69, 9.17) is 18.9 Å². The minimum absolute atomic E-state index is 0.0787. The summed E-state index contributed by atoms with van der Waals surface area (Å²) in [6, 6.07) is 9.01. The third-order valence-corrected chi connectivity index (χ3v) is 6.76. The number of carbonyl (C=O) groups excluding carboxylic acids is 1. The predicted octanol–water partition coefficient (Wildman–Crippen LogP) is 4.51. The fraction of sp³-hybridized carbons (Fsp3) is 0.696. The summed E-state index contributed by atoms with van der Waals surface area (Å²) in [5.41, 5.74) is 0.522. The maximum Gasteiger partial charge on any atom is 0.340 e. The summed E-state index contributed by atoms with van der Waals surface area (Å²) in [6.07, 6.45) is -1.06. The van der Waals surface area contributed by atoms with Crippen molar-refractivity contribution in [2.75, 3.05) is 6.61 Å². The van der Waals surface area contributed by atoms with Crippen LogP contribution in [0.15, 0.2) is 30.3 Å². The van der Waals surface area contributed by atoms with Gasteiger partial charge in [0.05, 0.1) is 24.4 Å². The predicted molar refractivity (Wildman–Crippen MR) is 107 cm³/mol. The lowest BCUT2D eigenvalue weighted by Crippen LogP contribution is -2.53. The Labute approximate surface area is 168 Å². The van der Waals surface area contributed by atoms with E-state index in [1.807, 2.05) is 32.0 Å². The molecule has 156 valence electrons. The molecule has 3 rings (SSSR count). The first-order valence-electron chi connectivity index (χ1n) is 10.5. The lowest BCUT2D eigenvalue weighted by atomic mass is 9.82. The van der Waals surface area contributed by atoms with Crippen LogP contribution in [0.4, 0.5) is 0 Å². The first-order valence-corrected chi connectivity index (χ1v) is 10.5. The average molecular weight is 391 g/mol. The molecule has 5 heteroatoms. The molecule has 0 radical (unpaired) electrons.